The summed E-state index contributed by atoms with van der Waals surface area (Å²) in [6.07, 6.45) is 7.54. The second-order valence-corrected chi connectivity index (χ2v) is 9.49. The number of hydroxylamine groups is 2. The van der Waals surface area contributed by atoms with Crippen LogP contribution in [0.25, 0.3) is 0 Å². The molecule has 2 heterocycles. The number of nitrogens with zero attached hydrogens (tertiary/aromatic N) is 1. The molecule has 0 aromatic heterocycles. The van der Waals surface area contributed by atoms with Gasteiger partial charge in [0.25, 0.3) is 0 Å². The van der Waals surface area contributed by atoms with Crippen LogP contribution in [0.2, 0.25) is 0 Å². The Morgan fingerprint density at radius 2 is 2.13 bits per heavy atom. The highest BCUT2D eigenvalue weighted by Crippen LogP contribution is 2.59. The molecule has 1 aromatic carbocycles. The third-order valence-electron chi connectivity index (χ3n) is 7.61. The van der Waals surface area contributed by atoms with E-state index in [4.69, 9.17) is 9.57 Å². The summed E-state index contributed by atoms with van der Waals surface area (Å²) >= 11 is 0. The van der Waals surface area contributed by atoms with E-state index in [0.717, 1.165) is 30.6 Å². The highest BCUT2D eigenvalue weighted by Gasteiger charge is 2.57. The minimum Gasteiger partial charge on any atom is -0.493 e. The van der Waals surface area contributed by atoms with Crippen LogP contribution >= 0.6 is 0 Å². The summed E-state index contributed by atoms with van der Waals surface area (Å²) in [6, 6.07) is 10.1. The number of hydrogen-bond acceptors (Lipinski definition) is 5. The molecule has 0 bridgehead atoms. The lowest BCUT2D eigenvalue weighted by atomic mass is 9.60. The van der Waals surface area contributed by atoms with Crippen molar-refractivity contribution in [2.75, 3.05) is 13.7 Å². The van der Waals surface area contributed by atoms with E-state index in [0.29, 0.717) is 19.4 Å². The zero-order chi connectivity index (χ0) is 21.6. The average molecular weight is 425 g/mol. The molecule has 6 atom stereocenters. The molecule has 4 aliphatic rings. The van der Waals surface area contributed by atoms with E-state index < -0.39 is 0 Å². The zero-order valence-electron chi connectivity index (χ0n) is 18.3. The first kappa shape index (κ1) is 20.6. The van der Waals surface area contributed by atoms with E-state index in [2.05, 4.69) is 11.4 Å². The summed E-state index contributed by atoms with van der Waals surface area (Å²) in [7, 11) is 1.67. The molecule has 31 heavy (non-hydrogen) atoms. The van der Waals surface area contributed by atoms with Gasteiger partial charge in [0.15, 0.2) is 0 Å². The van der Waals surface area contributed by atoms with Gasteiger partial charge in [0, 0.05) is 24.5 Å². The van der Waals surface area contributed by atoms with Gasteiger partial charge in [-0.15, -0.1) is 0 Å². The Morgan fingerprint density at radius 1 is 1.32 bits per heavy atom. The highest BCUT2D eigenvalue weighted by molar-refractivity contribution is 5.79. The van der Waals surface area contributed by atoms with Crippen LogP contribution in [0.5, 0.6) is 0 Å². The van der Waals surface area contributed by atoms with Crippen LogP contribution in [0.1, 0.15) is 50.6 Å². The lowest BCUT2D eigenvalue weighted by Crippen LogP contribution is -2.45. The standard InChI is InChI=1S/C25H32N2O4/c1-16(17-6-4-3-5-7-17)26-24(29)18-8-9-22-25(14-18)10-11-27(30-2)15-19-12-20(28)13-21(31-22)23(19)25/h3-7,10-11,16,18-20,22,28H,8-9,12-15H2,1-2H3,(H,26,29)/t16?,18?,19?,20-,22+,25?/m1/s1. The van der Waals surface area contributed by atoms with Gasteiger partial charge < -0.3 is 15.2 Å². The number of benzene rings is 1. The fraction of sp³-hybridized carbons (Fsp3) is 0.560. The number of amides is 1. The Kier molecular flexibility index (Phi) is 5.30. The summed E-state index contributed by atoms with van der Waals surface area (Å²) in [6.45, 7) is 2.74. The van der Waals surface area contributed by atoms with Crippen molar-refractivity contribution in [2.45, 2.75) is 57.3 Å². The zero-order valence-corrected chi connectivity index (χ0v) is 18.3. The Hall–Kier alpha value is -2.31. The molecule has 2 N–H and O–H groups in total. The molecule has 0 saturated heterocycles. The topological polar surface area (TPSA) is 71.0 Å². The van der Waals surface area contributed by atoms with E-state index in [-0.39, 0.29) is 41.4 Å². The predicted molar refractivity (Wildman–Crippen MR) is 116 cm³/mol. The average Bonchev–Trinajstić information content (AvgIpc) is 3.01. The van der Waals surface area contributed by atoms with Crippen LogP contribution in [0, 0.1) is 17.3 Å². The number of aliphatic hydroxyl groups is 1. The van der Waals surface area contributed by atoms with Gasteiger partial charge in [0.1, 0.15) is 6.10 Å². The van der Waals surface area contributed by atoms with Gasteiger partial charge in [-0.3, -0.25) is 14.7 Å². The van der Waals surface area contributed by atoms with Crippen LogP contribution in [-0.4, -0.2) is 41.9 Å². The summed E-state index contributed by atoms with van der Waals surface area (Å²) in [4.78, 5) is 18.8. The smallest absolute Gasteiger partial charge is 0.223 e. The Balaban J connectivity index is 1.41. The molecule has 1 saturated carbocycles. The number of rotatable bonds is 4. The minimum absolute atomic E-state index is 0.0234. The Labute approximate surface area is 183 Å². The number of nitrogens with one attached hydrogen (secondary N) is 1. The molecular weight excluding hydrogens is 392 g/mol. The molecule has 0 radical (unpaired) electrons. The van der Waals surface area contributed by atoms with E-state index in [9.17, 15) is 9.90 Å². The van der Waals surface area contributed by atoms with Gasteiger partial charge in [-0.1, -0.05) is 36.4 Å². The molecule has 1 fully saturated rings. The van der Waals surface area contributed by atoms with Crippen molar-refractivity contribution in [3.8, 4) is 0 Å². The van der Waals surface area contributed by atoms with E-state index in [1.165, 1.54) is 5.57 Å². The first-order chi connectivity index (χ1) is 15.0. The van der Waals surface area contributed by atoms with Gasteiger partial charge >= 0.3 is 0 Å². The van der Waals surface area contributed by atoms with E-state index in [1.54, 1.807) is 7.11 Å². The first-order valence-electron chi connectivity index (χ1n) is 11.4. The quantitative estimate of drug-likeness (QED) is 0.775. The second-order valence-electron chi connectivity index (χ2n) is 9.49. The molecule has 5 rings (SSSR count). The van der Waals surface area contributed by atoms with Crippen molar-refractivity contribution in [1.29, 1.82) is 0 Å². The molecule has 1 aromatic rings. The van der Waals surface area contributed by atoms with Crippen LogP contribution in [0.15, 0.2) is 53.9 Å². The molecule has 6 nitrogen and oxygen atoms in total. The number of aliphatic hydroxyl groups excluding tert-OH is 1. The number of carbonyl (C=O) groups excluding carboxylic acids is 1. The SMILES string of the molecule is CON1C=CC23CC(C(=O)NC(C)c4ccccc4)CC[C@@H]2OC2=C3C(C[C@@H](O)C2)C1. The van der Waals surface area contributed by atoms with Gasteiger partial charge in [-0.25, -0.2) is 0 Å². The van der Waals surface area contributed by atoms with Crippen molar-refractivity contribution in [1.82, 2.24) is 10.4 Å². The lowest BCUT2D eigenvalue weighted by Gasteiger charge is -2.42. The molecule has 1 amide bonds. The van der Waals surface area contributed by atoms with Crippen LogP contribution in [0.3, 0.4) is 0 Å². The van der Waals surface area contributed by atoms with E-state index in [1.807, 2.05) is 48.5 Å². The van der Waals surface area contributed by atoms with Crippen molar-refractivity contribution < 1.29 is 19.5 Å². The fourth-order valence-corrected chi connectivity index (χ4v) is 6.14. The van der Waals surface area contributed by atoms with Crippen molar-refractivity contribution in [3.63, 3.8) is 0 Å². The van der Waals surface area contributed by atoms with E-state index >= 15 is 0 Å². The van der Waals surface area contributed by atoms with Crippen LogP contribution in [-0.2, 0) is 14.4 Å². The fourth-order valence-electron chi connectivity index (χ4n) is 6.14. The normalized spacial score (nSPS) is 35.0. The molecule has 166 valence electrons. The summed E-state index contributed by atoms with van der Waals surface area (Å²) in [5.41, 5.74) is 2.12. The second kappa shape index (κ2) is 7.99. The molecule has 1 spiro atoms. The summed E-state index contributed by atoms with van der Waals surface area (Å²) in [5.74, 6) is 1.18. The van der Waals surface area contributed by atoms with Gasteiger partial charge in [0.2, 0.25) is 5.91 Å². The maximum Gasteiger partial charge on any atom is 0.223 e. The largest absolute Gasteiger partial charge is 0.493 e. The van der Waals surface area contributed by atoms with Gasteiger partial charge in [-0.2, -0.15) is 0 Å². The highest BCUT2D eigenvalue weighted by atomic mass is 16.7. The van der Waals surface area contributed by atoms with Gasteiger partial charge in [-0.05, 0) is 43.7 Å². The van der Waals surface area contributed by atoms with Crippen molar-refractivity contribution in [3.05, 3.63) is 59.5 Å². The Bertz CT molecular complexity index is 898. The Morgan fingerprint density at radius 3 is 2.90 bits per heavy atom. The third kappa shape index (κ3) is 3.56. The molecular formula is C25H32N2O4. The summed E-state index contributed by atoms with van der Waals surface area (Å²) < 4.78 is 6.42. The molecule has 2 aliphatic carbocycles. The number of ether oxygens (including phenoxy) is 1. The third-order valence-corrected chi connectivity index (χ3v) is 7.61. The molecule has 4 unspecified atom stereocenters. The summed E-state index contributed by atoms with van der Waals surface area (Å²) in [5, 5.41) is 15.5. The maximum absolute atomic E-state index is 13.3. The number of hydrogen-bond donors (Lipinski definition) is 2. The maximum atomic E-state index is 13.3. The lowest BCUT2D eigenvalue weighted by molar-refractivity contribution is -0.128. The minimum atomic E-state index is -0.386. The predicted octanol–water partition coefficient (Wildman–Crippen LogP) is 3.46. The van der Waals surface area contributed by atoms with Crippen LogP contribution < -0.4 is 5.32 Å². The monoisotopic (exact) mass is 424 g/mol. The van der Waals surface area contributed by atoms with Crippen molar-refractivity contribution >= 4 is 5.91 Å². The first-order valence-corrected chi connectivity index (χ1v) is 11.4. The van der Waals surface area contributed by atoms with Crippen molar-refractivity contribution in [2.24, 2.45) is 17.3 Å². The number of carbonyl (C=O) groups is 1. The van der Waals surface area contributed by atoms with Crippen LogP contribution in [0.4, 0.5) is 0 Å². The van der Waals surface area contributed by atoms with Gasteiger partial charge in [0.05, 0.1) is 37.0 Å². The molecule has 6 heteroatoms. The molecule has 2 aliphatic heterocycles.